The molecule has 2 amide bonds. The summed E-state index contributed by atoms with van der Waals surface area (Å²) in [6.45, 7) is 7.27. The monoisotopic (exact) mass is 362 g/mol. The van der Waals surface area contributed by atoms with Crippen molar-refractivity contribution >= 4 is 12.0 Å². The Labute approximate surface area is 155 Å². The van der Waals surface area contributed by atoms with Crippen LogP contribution in [0.1, 0.15) is 52.0 Å². The molecule has 0 heterocycles. The molecule has 0 aromatic heterocycles. The SMILES string of the molecule is CC(C)(C)c1cccc(OCCNC(=O)NC2CCC(C(=O)O)CC2)c1. The molecule has 6 nitrogen and oxygen atoms in total. The van der Waals surface area contributed by atoms with Gasteiger partial charge in [-0.05, 0) is 48.8 Å². The van der Waals surface area contributed by atoms with Crippen molar-refractivity contribution in [2.24, 2.45) is 5.92 Å². The predicted molar refractivity (Wildman–Crippen MR) is 101 cm³/mol. The maximum absolute atomic E-state index is 11.9. The van der Waals surface area contributed by atoms with Gasteiger partial charge in [0.15, 0.2) is 0 Å². The number of hydrogen-bond donors (Lipinski definition) is 3. The van der Waals surface area contributed by atoms with Crippen LogP contribution in [0.15, 0.2) is 24.3 Å². The van der Waals surface area contributed by atoms with Crippen molar-refractivity contribution in [1.29, 1.82) is 0 Å². The summed E-state index contributed by atoms with van der Waals surface area (Å²) in [5.41, 5.74) is 1.27. The zero-order valence-corrected chi connectivity index (χ0v) is 15.9. The fourth-order valence-electron chi connectivity index (χ4n) is 3.11. The van der Waals surface area contributed by atoms with E-state index in [0.717, 1.165) is 5.75 Å². The van der Waals surface area contributed by atoms with Gasteiger partial charge in [0.1, 0.15) is 12.4 Å². The van der Waals surface area contributed by atoms with Crippen LogP contribution >= 0.6 is 0 Å². The number of carbonyl (C=O) groups is 2. The largest absolute Gasteiger partial charge is 0.492 e. The first-order valence-electron chi connectivity index (χ1n) is 9.26. The van der Waals surface area contributed by atoms with Gasteiger partial charge in [0.2, 0.25) is 0 Å². The van der Waals surface area contributed by atoms with Gasteiger partial charge < -0.3 is 20.5 Å². The third-order valence-corrected chi connectivity index (χ3v) is 4.77. The normalized spacial score (nSPS) is 20.3. The molecule has 0 unspecified atom stereocenters. The van der Waals surface area contributed by atoms with E-state index in [1.54, 1.807) is 0 Å². The highest BCUT2D eigenvalue weighted by Gasteiger charge is 2.26. The molecule has 0 saturated heterocycles. The Morgan fingerprint density at radius 3 is 2.50 bits per heavy atom. The lowest BCUT2D eigenvalue weighted by atomic mass is 9.86. The number of urea groups is 1. The fraction of sp³-hybridized carbons (Fsp3) is 0.600. The molecule has 0 aliphatic heterocycles. The summed E-state index contributed by atoms with van der Waals surface area (Å²) in [5.74, 6) is -0.208. The zero-order chi connectivity index (χ0) is 19.2. The molecular weight excluding hydrogens is 332 g/mol. The number of nitrogens with one attached hydrogen (secondary N) is 2. The Balaban J connectivity index is 1.66. The minimum atomic E-state index is -0.736. The Kier molecular flexibility index (Phi) is 6.89. The molecule has 1 fully saturated rings. The summed E-state index contributed by atoms with van der Waals surface area (Å²) in [7, 11) is 0. The first-order valence-corrected chi connectivity index (χ1v) is 9.26. The average Bonchev–Trinajstić information content (AvgIpc) is 2.59. The molecule has 26 heavy (non-hydrogen) atoms. The van der Waals surface area contributed by atoms with Crippen LogP contribution in [0.4, 0.5) is 4.79 Å². The van der Waals surface area contributed by atoms with Gasteiger partial charge in [0.05, 0.1) is 12.5 Å². The van der Waals surface area contributed by atoms with Crippen LogP contribution in [0, 0.1) is 5.92 Å². The van der Waals surface area contributed by atoms with Crippen molar-refractivity contribution in [2.75, 3.05) is 13.2 Å². The lowest BCUT2D eigenvalue weighted by Gasteiger charge is -2.26. The van der Waals surface area contributed by atoms with Crippen LogP contribution < -0.4 is 15.4 Å². The summed E-state index contributed by atoms with van der Waals surface area (Å²) in [5, 5.41) is 14.7. The third-order valence-electron chi connectivity index (χ3n) is 4.77. The number of hydrogen-bond acceptors (Lipinski definition) is 3. The van der Waals surface area contributed by atoms with Crippen molar-refractivity contribution in [1.82, 2.24) is 10.6 Å². The predicted octanol–water partition coefficient (Wildman–Crippen LogP) is 3.31. The van der Waals surface area contributed by atoms with Crippen LogP contribution in [0.2, 0.25) is 0 Å². The number of carbonyl (C=O) groups excluding carboxylic acids is 1. The van der Waals surface area contributed by atoms with Gasteiger partial charge >= 0.3 is 12.0 Å². The Morgan fingerprint density at radius 1 is 1.19 bits per heavy atom. The highest BCUT2D eigenvalue weighted by molar-refractivity contribution is 5.74. The van der Waals surface area contributed by atoms with Crippen molar-refractivity contribution in [3.63, 3.8) is 0 Å². The second-order valence-corrected chi connectivity index (χ2v) is 7.91. The van der Waals surface area contributed by atoms with Gasteiger partial charge in [0, 0.05) is 6.04 Å². The molecule has 144 valence electrons. The minimum Gasteiger partial charge on any atom is -0.492 e. The molecule has 1 aromatic carbocycles. The van der Waals surface area contributed by atoms with Crippen molar-refractivity contribution in [2.45, 2.75) is 57.9 Å². The molecular formula is C20H30N2O4. The molecule has 0 radical (unpaired) electrons. The van der Waals surface area contributed by atoms with E-state index in [-0.39, 0.29) is 23.4 Å². The number of carboxylic acids is 1. The zero-order valence-electron chi connectivity index (χ0n) is 15.9. The first-order chi connectivity index (χ1) is 12.3. The van der Waals surface area contributed by atoms with E-state index in [1.807, 2.05) is 18.2 Å². The Hall–Kier alpha value is -2.24. The van der Waals surface area contributed by atoms with Crippen LogP contribution in [-0.2, 0) is 10.2 Å². The van der Waals surface area contributed by atoms with Gasteiger partial charge in [-0.2, -0.15) is 0 Å². The number of rotatable bonds is 6. The van der Waals surface area contributed by atoms with Gasteiger partial charge in [-0.25, -0.2) is 4.79 Å². The van der Waals surface area contributed by atoms with E-state index in [1.165, 1.54) is 5.56 Å². The van der Waals surface area contributed by atoms with E-state index in [0.29, 0.717) is 38.8 Å². The van der Waals surface area contributed by atoms with Gasteiger partial charge in [-0.1, -0.05) is 32.9 Å². The second kappa shape index (κ2) is 8.92. The molecule has 6 heteroatoms. The molecule has 1 aliphatic rings. The van der Waals surface area contributed by atoms with E-state index in [4.69, 9.17) is 9.84 Å². The van der Waals surface area contributed by atoms with Crippen LogP contribution in [0.5, 0.6) is 5.75 Å². The molecule has 3 N–H and O–H groups in total. The van der Waals surface area contributed by atoms with Gasteiger partial charge in [-0.3, -0.25) is 4.79 Å². The van der Waals surface area contributed by atoms with E-state index < -0.39 is 5.97 Å². The summed E-state index contributed by atoms with van der Waals surface area (Å²) in [6, 6.07) is 7.82. The molecule has 1 aliphatic carbocycles. The lowest BCUT2D eigenvalue weighted by Crippen LogP contribution is -2.45. The molecule has 1 aromatic rings. The average molecular weight is 362 g/mol. The number of ether oxygens (including phenoxy) is 1. The van der Waals surface area contributed by atoms with Gasteiger partial charge in [0.25, 0.3) is 0 Å². The van der Waals surface area contributed by atoms with Crippen molar-refractivity contribution in [3.8, 4) is 5.75 Å². The number of benzene rings is 1. The van der Waals surface area contributed by atoms with E-state index in [9.17, 15) is 9.59 Å². The quantitative estimate of drug-likeness (QED) is 0.678. The number of amides is 2. The van der Waals surface area contributed by atoms with Crippen LogP contribution in [0.3, 0.4) is 0 Å². The maximum Gasteiger partial charge on any atom is 0.315 e. The highest BCUT2D eigenvalue weighted by Crippen LogP contribution is 2.26. The lowest BCUT2D eigenvalue weighted by molar-refractivity contribution is -0.142. The van der Waals surface area contributed by atoms with E-state index in [2.05, 4.69) is 37.5 Å². The maximum atomic E-state index is 11.9. The summed E-state index contributed by atoms with van der Waals surface area (Å²) in [6.07, 6.45) is 2.65. The fourth-order valence-corrected chi connectivity index (χ4v) is 3.11. The smallest absolute Gasteiger partial charge is 0.315 e. The molecule has 0 spiro atoms. The third kappa shape index (κ3) is 6.24. The van der Waals surface area contributed by atoms with Crippen LogP contribution in [-0.4, -0.2) is 36.3 Å². The summed E-state index contributed by atoms with van der Waals surface area (Å²) >= 11 is 0. The van der Waals surface area contributed by atoms with Crippen molar-refractivity contribution in [3.05, 3.63) is 29.8 Å². The van der Waals surface area contributed by atoms with Crippen molar-refractivity contribution < 1.29 is 19.4 Å². The Bertz CT molecular complexity index is 616. The number of carboxylic acid groups (broad SMARTS) is 1. The topological polar surface area (TPSA) is 87.7 Å². The number of aliphatic carboxylic acids is 1. The Morgan fingerprint density at radius 2 is 1.88 bits per heavy atom. The van der Waals surface area contributed by atoms with Gasteiger partial charge in [-0.15, -0.1) is 0 Å². The second-order valence-electron chi connectivity index (χ2n) is 7.91. The van der Waals surface area contributed by atoms with E-state index >= 15 is 0 Å². The summed E-state index contributed by atoms with van der Waals surface area (Å²) < 4.78 is 5.71. The standard InChI is InChI=1S/C20H30N2O4/c1-20(2,3)15-5-4-6-17(13-15)26-12-11-21-19(25)22-16-9-7-14(8-10-16)18(23)24/h4-6,13-14,16H,7-12H2,1-3H3,(H,23,24)(H2,21,22,25). The molecule has 1 saturated carbocycles. The first kappa shape index (κ1) is 20.1. The summed E-state index contributed by atoms with van der Waals surface area (Å²) in [4.78, 5) is 22.9. The van der Waals surface area contributed by atoms with Crippen LogP contribution in [0.25, 0.3) is 0 Å². The minimum absolute atomic E-state index is 0.0509. The molecule has 2 rings (SSSR count). The molecule has 0 bridgehead atoms. The highest BCUT2D eigenvalue weighted by atomic mass is 16.5. The molecule has 0 atom stereocenters.